The number of piperidine rings is 1. The number of aryl methyl sites for hydroxylation is 1. The molecule has 6 heteroatoms. The van der Waals surface area contributed by atoms with Crippen molar-refractivity contribution in [2.45, 2.75) is 30.8 Å². The second-order valence-electron chi connectivity index (χ2n) is 4.53. The lowest BCUT2D eigenvalue weighted by atomic mass is 10.1. The summed E-state index contributed by atoms with van der Waals surface area (Å²) in [5, 5.41) is 9.53. The van der Waals surface area contributed by atoms with Crippen molar-refractivity contribution in [1.82, 2.24) is 4.31 Å². The third-order valence-corrected chi connectivity index (χ3v) is 6.26. The van der Waals surface area contributed by atoms with Gasteiger partial charge in [0.2, 0.25) is 8.87 Å². The van der Waals surface area contributed by atoms with E-state index in [0.717, 1.165) is 29.4 Å². The molecule has 1 heterocycles. The van der Waals surface area contributed by atoms with Crippen molar-refractivity contribution < 1.29 is 13.5 Å². The maximum atomic E-state index is 12.2. The van der Waals surface area contributed by atoms with E-state index in [1.807, 2.05) is 6.92 Å². The van der Waals surface area contributed by atoms with Gasteiger partial charge in [0.1, 0.15) is 0 Å². The van der Waals surface area contributed by atoms with Crippen molar-refractivity contribution in [1.29, 1.82) is 0 Å². The Hall–Kier alpha value is -0.560. The van der Waals surface area contributed by atoms with Gasteiger partial charge >= 0.3 is 0 Å². The Bertz CT molecular complexity index is 499. The molecule has 0 saturated carbocycles. The molecule has 0 bridgehead atoms. The Balaban J connectivity index is 2.09. The van der Waals surface area contributed by atoms with Gasteiger partial charge in [0.25, 0.3) is 0 Å². The molecule has 1 atom stereocenters. The number of aliphatic hydroxyl groups excluding tert-OH is 1. The van der Waals surface area contributed by atoms with E-state index in [1.165, 1.54) is 0 Å². The second-order valence-corrected chi connectivity index (χ2v) is 8.33. The highest BCUT2D eigenvalue weighted by Crippen LogP contribution is 2.29. The van der Waals surface area contributed by atoms with E-state index < -0.39 is 15.0 Å². The molecule has 0 aliphatic carbocycles. The zero-order chi connectivity index (χ0) is 13.2. The molecule has 0 spiro atoms. The van der Waals surface area contributed by atoms with Gasteiger partial charge in [-0.05, 0) is 31.9 Å². The molecule has 1 aliphatic heterocycles. The van der Waals surface area contributed by atoms with E-state index >= 15 is 0 Å². The van der Waals surface area contributed by atoms with Gasteiger partial charge in [0.05, 0.1) is 22.0 Å². The Morgan fingerprint density at radius 1 is 1.33 bits per heavy atom. The van der Waals surface area contributed by atoms with Crippen LogP contribution in [0.4, 0.5) is 0 Å². The third kappa shape index (κ3) is 3.47. The predicted molar refractivity (Wildman–Crippen MR) is 72.8 cm³/mol. The van der Waals surface area contributed by atoms with Crippen LogP contribution in [0.1, 0.15) is 18.4 Å². The molecule has 0 aromatic heterocycles. The molecule has 1 N–H and O–H groups in total. The van der Waals surface area contributed by atoms with Gasteiger partial charge in [-0.1, -0.05) is 17.7 Å². The largest absolute Gasteiger partial charge is 0.392 e. The Morgan fingerprint density at radius 3 is 2.61 bits per heavy atom. The maximum absolute atomic E-state index is 12.2. The minimum atomic E-state index is -3.37. The van der Waals surface area contributed by atoms with Gasteiger partial charge < -0.3 is 5.11 Å². The number of nitrogens with zero attached hydrogens (tertiary/aromatic N) is 1. The summed E-state index contributed by atoms with van der Waals surface area (Å²) in [5.41, 5.74) is 1.03. The van der Waals surface area contributed by atoms with Gasteiger partial charge in [-0.3, -0.25) is 0 Å². The van der Waals surface area contributed by atoms with Crippen molar-refractivity contribution in [2.75, 3.05) is 13.1 Å². The summed E-state index contributed by atoms with van der Waals surface area (Å²) >= 11 is 0. The monoisotopic (exact) mass is 287 g/mol. The summed E-state index contributed by atoms with van der Waals surface area (Å²) in [6.45, 7) is 3.03. The van der Waals surface area contributed by atoms with E-state index in [4.69, 9.17) is 0 Å². The lowest BCUT2D eigenvalue weighted by molar-refractivity contribution is 0.113. The summed E-state index contributed by atoms with van der Waals surface area (Å²) < 4.78 is 26.0. The molecule has 1 aromatic rings. The summed E-state index contributed by atoms with van der Waals surface area (Å²) in [6, 6.07) is 6.83. The molecule has 18 heavy (non-hydrogen) atoms. The fourth-order valence-electron chi connectivity index (χ4n) is 1.88. The van der Waals surface area contributed by atoms with Crippen LogP contribution in [0, 0.1) is 6.92 Å². The van der Waals surface area contributed by atoms with E-state index in [0.29, 0.717) is 18.0 Å². The molecule has 0 radical (unpaired) electrons. The molecular formula is C12H17NO3S2. The number of hydrogen-bond acceptors (Lipinski definition) is 5. The summed E-state index contributed by atoms with van der Waals surface area (Å²) in [6.07, 6.45) is 1.17. The highest BCUT2D eigenvalue weighted by Gasteiger charge is 2.25. The van der Waals surface area contributed by atoms with Crippen LogP contribution in [-0.4, -0.2) is 37.0 Å². The van der Waals surface area contributed by atoms with Gasteiger partial charge in [-0.15, -0.1) is 0 Å². The van der Waals surface area contributed by atoms with Crippen molar-refractivity contribution >= 4 is 19.8 Å². The molecule has 1 aliphatic rings. The molecule has 1 fully saturated rings. The molecule has 1 aromatic carbocycles. The van der Waals surface area contributed by atoms with Crippen LogP contribution in [0.3, 0.4) is 0 Å². The topological polar surface area (TPSA) is 57.6 Å². The van der Waals surface area contributed by atoms with Crippen LogP contribution in [0.25, 0.3) is 0 Å². The fraction of sp³-hybridized carbons (Fsp3) is 0.500. The first-order chi connectivity index (χ1) is 8.47. The Kier molecular flexibility index (Phi) is 4.32. The van der Waals surface area contributed by atoms with Crippen molar-refractivity contribution in [3.05, 3.63) is 29.8 Å². The summed E-state index contributed by atoms with van der Waals surface area (Å²) in [5.74, 6) is 0. The van der Waals surface area contributed by atoms with Gasteiger partial charge in [-0.2, -0.15) is 0 Å². The van der Waals surface area contributed by atoms with Gasteiger partial charge in [0.15, 0.2) is 0 Å². The number of β-amino-alcohol motifs (C(OH)–C–C–N with tert-alkyl or cyclic N) is 1. The van der Waals surface area contributed by atoms with Crippen LogP contribution >= 0.6 is 11.0 Å². The van der Waals surface area contributed by atoms with E-state index in [-0.39, 0.29) is 0 Å². The second kappa shape index (κ2) is 5.61. The Morgan fingerprint density at radius 2 is 2.00 bits per heavy atom. The van der Waals surface area contributed by atoms with E-state index in [2.05, 4.69) is 0 Å². The van der Waals surface area contributed by atoms with E-state index in [1.54, 1.807) is 28.6 Å². The first kappa shape index (κ1) is 13.9. The van der Waals surface area contributed by atoms with Crippen LogP contribution in [-0.2, 0) is 8.87 Å². The van der Waals surface area contributed by atoms with Crippen LogP contribution in [0.5, 0.6) is 0 Å². The fourth-order valence-corrected chi connectivity index (χ4v) is 4.98. The van der Waals surface area contributed by atoms with E-state index in [9.17, 15) is 13.5 Å². The molecule has 100 valence electrons. The lowest BCUT2D eigenvalue weighted by Gasteiger charge is -2.28. The van der Waals surface area contributed by atoms with Crippen LogP contribution < -0.4 is 0 Å². The molecule has 2 rings (SSSR count). The van der Waals surface area contributed by atoms with Crippen molar-refractivity contribution in [3.63, 3.8) is 0 Å². The maximum Gasteiger partial charge on any atom is 0.244 e. The first-order valence-electron chi connectivity index (χ1n) is 5.92. The van der Waals surface area contributed by atoms with Crippen LogP contribution in [0.15, 0.2) is 29.2 Å². The molecule has 0 amide bonds. The molecular weight excluding hydrogens is 270 g/mol. The highest BCUT2D eigenvalue weighted by molar-refractivity contribution is 8.71. The standard InChI is InChI=1S/C12H17NO3S2/c1-10-4-6-12(7-5-10)18(15,16)17-13-8-2-3-11(14)9-13/h4-7,11,14H,2-3,8-9H2,1H3. The molecule has 1 saturated heterocycles. The number of benzene rings is 1. The third-order valence-electron chi connectivity index (χ3n) is 2.87. The van der Waals surface area contributed by atoms with Gasteiger partial charge in [0, 0.05) is 13.1 Å². The normalized spacial score (nSPS) is 22.0. The number of aliphatic hydroxyl groups is 1. The number of hydrogen-bond donors (Lipinski definition) is 1. The summed E-state index contributed by atoms with van der Waals surface area (Å²) in [4.78, 5) is 0.318. The zero-order valence-electron chi connectivity index (χ0n) is 10.2. The molecule has 1 unspecified atom stereocenters. The highest BCUT2D eigenvalue weighted by atomic mass is 33.1. The quantitative estimate of drug-likeness (QED) is 0.678. The minimum Gasteiger partial charge on any atom is -0.392 e. The van der Waals surface area contributed by atoms with Gasteiger partial charge in [-0.25, -0.2) is 12.7 Å². The minimum absolute atomic E-state index is 0.318. The number of rotatable bonds is 3. The average Bonchev–Trinajstić information content (AvgIpc) is 2.29. The average molecular weight is 287 g/mol. The zero-order valence-corrected chi connectivity index (χ0v) is 11.9. The molecule has 4 nitrogen and oxygen atoms in total. The Labute approximate surface area is 111 Å². The summed E-state index contributed by atoms with van der Waals surface area (Å²) in [7, 11) is -2.54. The first-order valence-corrected chi connectivity index (χ1v) is 8.69. The van der Waals surface area contributed by atoms with Crippen LogP contribution in [0.2, 0.25) is 0 Å². The van der Waals surface area contributed by atoms with Crippen molar-refractivity contribution in [3.8, 4) is 0 Å². The predicted octanol–water partition coefficient (Wildman–Crippen LogP) is 1.79. The SMILES string of the molecule is Cc1ccc(S(=O)(=O)SN2CCCC(O)C2)cc1. The van der Waals surface area contributed by atoms with Crippen molar-refractivity contribution in [2.24, 2.45) is 0 Å². The lowest BCUT2D eigenvalue weighted by Crippen LogP contribution is -2.34. The smallest absolute Gasteiger partial charge is 0.244 e.